The molecule has 3 aromatic rings. The number of ether oxygens (including phenoxy) is 2. The number of fused-ring (bicyclic) bond motifs is 1. The number of hydrogen-bond donors (Lipinski definition) is 2. The van der Waals surface area contributed by atoms with Crippen LogP contribution in [0.3, 0.4) is 0 Å². The van der Waals surface area contributed by atoms with Crippen LogP contribution in [0, 0.1) is 17.7 Å². The van der Waals surface area contributed by atoms with Gasteiger partial charge in [-0.25, -0.2) is 22.1 Å². The summed E-state index contributed by atoms with van der Waals surface area (Å²) < 4.78 is 54.2. The first-order chi connectivity index (χ1) is 18.5. The third kappa shape index (κ3) is 5.37. The molecule has 0 aliphatic heterocycles. The maximum atomic E-state index is 15.5. The molecular weight excluding hydrogens is 610 g/mol. The minimum absolute atomic E-state index is 0.0317. The molecule has 2 aliphatic rings. The van der Waals surface area contributed by atoms with Crippen LogP contribution in [0.1, 0.15) is 18.4 Å². The van der Waals surface area contributed by atoms with Gasteiger partial charge < -0.3 is 20.5 Å². The van der Waals surface area contributed by atoms with Gasteiger partial charge in [-0.1, -0.05) is 11.6 Å². The summed E-state index contributed by atoms with van der Waals surface area (Å²) >= 11 is 20.3. The zero-order valence-corrected chi connectivity index (χ0v) is 24.8. The van der Waals surface area contributed by atoms with Crippen LogP contribution in [0.25, 0.3) is 0 Å². The molecule has 0 radical (unpaired) electrons. The molecule has 2 fully saturated rings. The third-order valence-corrected chi connectivity index (χ3v) is 11.4. The van der Waals surface area contributed by atoms with Gasteiger partial charge in [-0.15, -0.1) is 34.5 Å². The molecule has 1 heterocycles. The molecule has 210 valence electrons. The van der Waals surface area contributed by atoms with Gasteiger partial charge in [-0.2, -0.15) is 0 Å². The van der Waals surface area contributed by atoms with Gasteiger partial charge in [-0.3, -0.25) is 0 Å². The number of anilines is 2. The number of nitrogens with zero attached hydrogens (tertiary/aromatic N) is 2. The van der Waals surface area contributed by atoms with E-state index in [1.807, 2.05) is 0 Å². The summed E-state index contributed by atoms with van der Waals surface area (Å²) in [5, 5.41) is 4.99. The monoisotopic (exact) mass is 634 g/mol. The molecule has 2 aliphatic carbocycles. The number of rotatable bonds is 9. The molecule has 14 heteroatoms. The number of hydrogen-bond acceptors (Lipinski definition) is 8. The third-order valence-electron chi connectivity index (χ3n) is 7.29. The fourth-order valence-electron chi connectivity index (χ4n) is 5.06. The van der Waals surface area contributed by atoms with Crippen molar-refractivity contribution in [3.8, 4) is 11.5 Å². The van der Waals surface area contributed by atoms with E-state index in [1.165, 1.54) is 20.4 Å². The molecule has 0 amide bonds. The van der Waals surface area contributed by atoms with Gasteiger partial charge in [0.15, 0.2) is 5.13 Å². The van der Waals surface area contributed by atoms with E-state index in [1.54, 1.807) is 23.6 Å². The average molecular weight is 636 g/mol. The highest BCUT2D eigenvalue weighted by molar-refractivity contribution is 7.93. The van der Waals surface area contributed by atoms with Crippen molar-refractivity contribution < 1.29 is 22.3 Å². The minimum atomic E-state index is -4.45. The van der Waals surface area contributed by atoms with Gasteiger partial charge in [0.2, 0.25) is 0 Å². The molecule has 2 saturated carbocycles. The van der Waals surface area contributed by atoms with Gasteiger partial charge in [0.05, 0.1) is 31.5 Å². The van der Waals surface area contributed by atoms with Crippen LogP contribution in [0.2, 0.25) is 5.02 Å². The first-order valence-electron chi connectivity index (χ1n) is 12.0. The Bertz CT molecular complexity index is 1480. The number of methoxy groups -OCH3 is 2. The van der Waals surface area contributed by atoms with Crippen LogP contribution in [0.15, 0.2) is 46.8 Å². The Balaban J connectivity index is 1.45. The Hall–Kier alpha value is -2.02. The molecule has 1 aromatic heterocycles. The van der Waals surface area contributed by atoms with Crippen LogP contribution in [0.4, 0.5) is 15.2 Å². The van der Waals surface area contributed by atoms with E-state index >= 15 is 4.39 Å². The molecular formula is C25H26Cl3FN4O4S2. The maximum Gasteiger partial charge on any atom is 0.269 e. The van der Waals surface area contributed by atoms with Crippen molar-refractivity contribution in [3.63, 3.8) is 0 Å². The van der Waals surface area contributed by atoms with Gasteiger partial charge in [0, 0.05) is 35.3 Å². The summed E-state index contributed by atoms with van der Waals surface area (Å²) in [5.41, 5.74) is 7.08. The first kappa shape index (κ1) is 28.5. The summed E-state index contributed by atoms with van der Waals surface area (Å²) in [6.07, 6.45) is 2.69. The highest BCUT2D eigenvalue weighted by Gasteiger charge is 2.65. The Labute approximate surface area is 245 Å². The molecule has 39 heavy (non-hydrogen) atoms. The van der Waals surface area contributed by atoms with E-state index < -0.39 is 25.1 Å². The summed E-state index contributed by atoms with van der Waals surface area (Å²) in [7, 11) is -1.47. The van der Waals surface area contributed by atoms with Crippen LogP contribution in [-0.2, 0) is 16.6 Å². The normalized spacial score (nSPS) is 23.6. The Morgan fingerprint density at radius 3 is 2.62 bits per heavy atom. The number of nitrogens with one attached hydrogen (secondary N) is 1. The molecule has 0 bridgehead atoms. The van der Waals surface area contributed by atoms with Gasteiger partial charge >= 0.3 is 0 Å². The number of aromatic nitrogens is 1. The van der Waals surface area contributed by atoms with Crippen molar-refractivity contribution in [2.75, 3.05) is 23.8 Å². The van der Waals surface area contributed by atoms with Crippen molar-refractivity contribution in [2.24, 2.45) is 17.6 Å². The van der Waals surface area contributed by atoms with Crippen molar-refractivity contribution in [1.82, 2.24) is 4.98 Å². The number of thiazole rings is 1. The van der Waals surface area contributed by atoms with Gasteiger partial charge in [-0.05, 0) is 48.9 Å². The van der Waals surface area contributed by atoms with Gasteiger partial charge in [0.1, 0.15) is 26.5 Å². The predicted molar refractivity (Wildman–Crippen MR) is 152 cm³/mol. The second-order valence-corrected chi connectivity index (χ2v) is 14.1. The predicted octanol–water partition coefficient (Wildman–Crippen LogP) is 5.67. The fourth-order valence-corrected chi connectivity index (χ4v) is 8.53. The van der Waals surface area contributed by atoms with Crippen molar-refractivity contribution in [3.05, 3.63) is 58.3 Å². The zero-order chi connectivity index (χ0) is 28.1. The number of alkyl halides is 2. The highest BCUT2D eigenvalue weighted by atomic mass is 35.5. The van der Waals surface area contributed by atoms with Crippen molar-refractivity contribution in [1.29, 1.82) is 0 Å². The Morgan fingerprint density at radius 2 is 1.95 bits per heavy atom. The standard InChI is InChI=1S/C25H26Cl3FN4O4S2/c1-36-14-4-3-13(22(7-14)37-2)12-33(24-31-5-6-38-24)39(34,35)23-10-17(26)20(11-18(23)29)32-21-9-16-15(8-19(21)30)25(16,27)28/h3-7,10-11,15-16,19,21,32H,8-9,12,30H2,1-2H3/t15?,16-,19?,21-/m0/s1. The lowest BCUT2D eigenvalue weighted by Crippen LogP contribution is -2.43. The van der Waals surface area contributed by atoms with Crippen LogP contribution in [0.5, 0.6) is 11.5 Å². The topological polar surface area (TPSA) is 107 Å². The van der Waals surface area contributed by atoms with E-state index in [2.05, 4.69) is 10.3 Å². The van der Waals surface area contributed by atoms with E-state index in [9.17, 15) is 8.42 Å². The molecule has 3 N–H and O–H groups in total. The van der Waals surface area contributed by atoms with E-state index in [0.717, 1.165) is 27.8 Å². The smallest absolute Gasteiger partial charge is 0.269 e. The molecule has 0 saturated heterocycles. The lowest BCUT2D eigenvalue weighted by Gasteiger charge is -2.30. The first-order valence-corrected chi connectivity index (χ1v) is 15.4. The summed E-state index contributed by atoms with van der Waals surface area (Å²) in [6, 6.07) is 6.65. The Morgan fingerprint density at radius 1 is 1.21 bits per heavy atom. The van der Waals surface area contributed by atoms with Crippen molar-refractivity contribution in [2.45, 2.75) is 40.7 Å². The molecule has 0 spiro atoms. The van der Waals surface area contributed by atoms with Gasteiger partial charge in [0.25, 0.3) is 10.0 Å². The number of halogens is 4. The highest BCUT2D eigenvalue weighted by Crippen LogP contribution is 2.65. The largest absolute Gasteiger partial charge is 0.497 e. The fraction of sp³-hybridized carbons (Fsp3) is 0.400. The number of sulfonamides is 1. The second-order valence-electron chi connectivity index (χ2n) is 9.54. The summed E-state index contributed by atoms with van der Waals surface area (Å²) in [6.45, 7) is -0.168. The molecule has 5 rings (SSSR count). The van der Waals surface area contributed by atoms with E-state index in [4.69, 9.17) is 50.0 Å². The Kier molecular flexibility index (Phi) is 7.86. The zero-order valence-electron chi connectivity index (χ0n) is 20.9. The summed E-state index contributed by atoms with van der Waals surface area (Å²) in [5.74, 6) is 0.197. The molecule has 8 nitrogen and oxygen atoms in total. The molecule has 4 atom stereocenters. The lowest BCUT2D eigenvalue weighted by molar-refractivity contribution is 0.387. The molecule has 2 unspecified atom stereocenters. The van der Waals surface area contributed by atoms with E-state index in [-0.39, 0.29) is 46.3 Å². The minimum Gasteiger partial charge on any atom is -0.497 e. The number of benzene rings is 2. The lowest BCUT2D eigenvalue weighted by atomic mass is 9.91. The number of nitrogens with two attached hydrogens (primary N) is 1. The average Bonchev–Trinajstić information content (AvgIpc) is 3.23. The van der Waals surface area contributed by atoms with Crippen LogP contribution in [-0.4, -0.2) is 44.0 Å². The SMILES string of the molecule is COc1ccc(CN(c2nccs2)S(=O)(=O)c2cc(Cl)c(N[C@H]3C[C@H]4C(CC3N)C4(Cl)Cl)cc2F)c(OC)c1. The maximum absolute atomic E-state index is 15.5. The second kappa shape index (κ2) is 10.8. The summed E-state index contributed by atoms with van der Waals surface area (Å²) in [4.78, 5) is 3.58. The van der Waals surface area contributed by atoms with Crippen molar-refractivity contribution >= 4 is 67.0 Å². The van der Waals surface area contributed by atoms with Crippen LogP contribution >= 0.6 is 46.1 Å². The van der Waals surface area contributed by atoms with Crippen LogP contribution < -0.4 is 24.8 Å². The quantitative estimate of drug-likeness (QED) is 0.292. The molecule has 2 aromatic carbocycles. The van der Waals surface area contributed by atoms with E-state index in [0.29, 0.717) is 29.9 Å².